The minimum atomic E-state index is -0.580. The second-order valence-electron chi connectivity index (χ2n) is 2.94. The van der Waals surface area contributed by atoms with Crippen molar-refractivity contribution in [3.63, 3.8) is 0 Å². The monoisotopic (exact) mass is 165 g/mol. The molecule has 12 heavy (non-hydrogen) atoms. The zero-order valence-electron chi connectivity index (χ0n) is 6.68. The van der Waals surface area contributed by atoms with Crippen LogP contribution in [-0.4, -0.2) is 16.4 Å². The molecular formula is C9H11NO2. The van der Waals surface area contributed by atoms with E-state index in [1.54, 1.807) is 12.4 Å². The van der Waals surface area contributed by atoms with Crippen molar-refractivity contribution in [1.82, 2.24) is 4.98 Å². The van der Waals surface area contributed by atoms with Crippen molar-refractivity contribution in [2.24, 2.45) is 0 Å². The van der Waals surface area contributed by atoms with E-state index in [1.165, 1.54) is 0 Å². The molecule has 0 aliphatic carbocycles. The van der Waals surface area contributed by atoms with Crippen LogP contribution in [0.2, 0.25) is 0 Å². The van der Waals surface area contributed by atoms with Crippen LogP contribution in [0, 0.1) is 0 Å². The van der Waals surface area contributed by atoms with Gasteiger partial charge in [-0.2, -0.15) is 0 Å². The molecule has 0 bridgehead atoms. The summed E-state index contributed by atoms with van der Waals surface area (Å²) < 4.78 is 5.28. The number of aliphatic hydroxyl groups excluding tert-OH is 1. The van der Waals surface area contributed by atoms with Crippen LogP contribution in [-0.2, 0) is 4.74 Å². The summed E-state index contributed by atoms with van der Waals surface area (Å²) in [5, 5.41) is 9.12. The largest absolute Gasteiger partial charge is 0.368 e. The third kappa shape index (κ3) is 1.47. The number of nitrogens with zero attached hydrogens (tertiary/aromatic N) is 1. The first-order valence-electron chi connectivity index (χ1n) is 4.10. The van der Waals surface area contributed by atoms with Crippen LogP contribution >= 0.6 is 0 Å². The third-order valence-electron chi connectivity index (χ3n) is 2.08. The van der Waals surface area contributed by atoms with E-state index < -0.39 is 6.29 Å². The number of rotatable bonds is 1. The predicted molar refractivity (Wildman–Crippen MR) is 43.3 cm³/mol. The molecule has 1 fully saturated rings. The Morgan fingerprint density at radius 1 is 1.33 bits per heavy atom. The molecule has 3 heteroatoms. The van der Waals surface area contributed by atoms with Gasteiger partial charge in [0.25, 0.3) is 0 Å². The molecule has 2 heterocycles. The topological polar surface area (TPSA) is 42.4 Å². The van der Waals surface area contributed by atoms with Crippen LogP contribution in [0.1, 0.15) is 24.5 Å². The summed E-state index contributed by atoms with van der Waals surface area (Å²) >= 11 is 0. The maximum absolute atomic E-state index is 9.12. The Morgan fingerprint density at radius 2 is 2.08 bits per heavy atom. The summed E-state index contributed by atoms with van der Waals surface area (Å²) in [5.41, 5.74) is 1.10. The van der Waals surface area contributed by atoms with Gasteiger partial charge in [0, 0.05) is 18.8 Å². The van der Waals surface area contributed by atoms with Gasteiger partial charge >= 0.3 is 0 Å². The average molecular weight is 165 g/mol. The number of pyridine rings is 1. The van der Waals surface area contributed by atoms with Crippen molar-refractivity contribution in [1.29, 1.82) is 0 Å². The van der Waals surface area contributed by atoms with Gasteiger partial charge in [0.2, 0.25) is 0 Å². The lowest BCUT2D eigenvalue weighted by Gasteiger charge is -2.09. The molecule has 2 rings (SSSR count). The zero-order chi connectivity index (χ0) is 8.39. The Bertz CT molecular complexity index is 250. The van der Waals surface area contributed by atoms with E-state index >= 15 is 0 Å². The number of ether oxygens (including phenoxy) is 1. The Balaban J connectivity index is 2.11. The highest BCUT2D eigenvalue weighted by Gasteiger charge is 2.24. The summed E-state index contributed by atoms with van der Waals surface area (Å²) in [6.07, 6.45) is 4.58. The number of aliphatic hydroxyl groups is 1. The standard InChI is InChI=1S/C9H11NO2/c11-9-2-1-8(12-9)7-3-5-10-6-4-7/h3-6,8-9,11H,1-2H2. The van der Waals surface area contributed by atoms with Crippen molar-refractivity contribution >= 4 is 0 Å². The van der Waals surface area contributed by atoms with Crippen LogP contribution < -0.4 is 0 Å². The highest BCUT2D eigenvalue weighted by Crippen LogP contribution is 2.30. The van der Waals surface area contributed by atoms with Crippen molar-refractivity contribution in [2.45, 2.75) is 25.2 Å². The van der Waals surface area contributed by atoms with Gasteiger partial charge in [0.05, 0.1) is 6.10 Å². The summed E-state index contributed by atoms with van der Waals surface area (Å²) in [6.45, 7) is 0. The average Bonchev–Trinajstić information content (AvgIpc) is 2.54. The van der Waals surface area contributed by atoms with Crippen molar-refractivity contribution in [2.75, 3.05) is 0 Å². The molecule has 1 aliphatic rings. The van der Waals surface area contributed by atoms with Crippen LogP contribution in [0.25, 0.3) is 0 Å². The third-order valence-corrected chi connectivity index (χ3v) is 2.08. The predicted octanol–water partition coefficient (Wildman–Crippen LogP) is 1.25. The molecule has 1 saturated heterocycles. The van der Waals surface area contributed by atoms with E-state index in [2.05, 4.69) is 4.98 Å². The van der Waals surface area contributed by atoms with Gasteiger partial charge in [-0.15, -0.1) is 0 Å². The molecule has 0 spiro atoms. The molecule has 0 aromatic carbocycles. The van der Waals surface area contributed by atoms with Crippen LogP contribution in [0.15, 0.2) is 24.5 Å². The van der Waals surface area contributed by atoms with Gasteiger partial charge in [0.1, 0.15) is 0 Å². The Hall–Kier alpha value is -0.930. The lowest BCUT2D eigenvalue weighted by atomic mass is 10.1. The summed E-state index contributed by atoms with van der Waals surface area (Å²) in [4.78, 5) is 3.92. The Kier molecular flexibility index (Phi) is 2.06. The molecule has 2 unspecified atom stereocenters. The second kappa shape index (κ2) is 3.21. The highest BCUT2D eigenvalue weighted by molar-refractivity contribution is 5.13. The molecule has 0 saturated carbocycles. The van der Waals surface area contributed by atoms with E-state index in [-0.39, 0.29) is 6.10 Å². The van der Waals surface area contributed by atoms with E-state index in [4.69, 9.17) is 9.84 Å². The first-order chi connectivity index (χ1) is 5.86. The Morgan fingerprint density at radius 3 is 2.67 bits per heavy atom. The fourth-order valence-corrected chi connectivity index (χ4v) is 1.44. The highest BCUT2D eigenvalue weighted by atomic mass is 16.6. The number of aromatic nitrogens is 1. The van der Waals surface area contributed by atoms with E-state index in [1.807, 2.05) is 12.1 Å². The lowest BCUT2D eigenvalue weighted by molar-refractivity contribution is -0.0914. The van der Waals surface area contributed by atoms with Crippen molar-refractivity contribution < 1.29 is 9.84 Å². The number of hydrogen-bond donors (Lipinski definition) is 1. The molecule has 1 aliphatic heterocycles. The van der Waals surface area contributed by atoms with E-state index in [9.17, 15) is 0 Å². The van der Waals surface area contributed by atoms with E-state index in [0.29, 0.717) is 0 Å². The quantitative estimate of drug-likeness (QED) is 0.681. The molecule has 0 amide bonds. The molecule has 1 aromatic heterocycles. The molecule has 64 valence electrons. The van der Waals surface area contributed by atoms with Gasteiger partial charge in [-0.1, -0.05) is 0 Å². The van der Waals surface area contributed by atoms with Crippen LogP contribution in [0.5, 0.6) is 0 Å². The fraction of sp³-hybridized carbons (Fsp3) is 0.444. The van der Waals surface area contributed by atoms with Gasteiger partial charge in [-0.3, -0.25) is 4.98 Å². The van der Waals surface area contributed by atoms with Crippen LogP contribution in [0.4, 0.5) is 0 Å². The van der Waals surface area contributed by atoms with E-state index in [0.717, 1.165) is 18.4 Å². The normalized spacial score (nSPS) is 29.1. The smallest absolute Gasteiger partial charge is 0.155 e. The molecule has 3 nitrogen and oxygen atoms in total. The molecular weight excluding hydrogens is 154 g/mol. The van der Waals surface area contributed by atoms with Gasteiger partial charge in [-0.25, -0.2) is 0 Å². The molecule has 1 N–H and O–H groups in total. The lowest BCUT2D eigenvalue weighted by Crippen LogP contribution is -2.03. The van der Waals surface area contributed by atoms with Gasteiger partial charge in [0.15, 0.2) is 6.29 Å². The first kappa shape index (κ1) is 7.71. The van der Waals surface area contributed by atoms with Crippen molar-refractivity contribution in [3.05, 3.63) is 30.1 Å². The van der Waals surface area contributed by atoms with Crippen LogP contribution in [0.3, 0.4) is 0 Å². The fourth-order valence-electron chi connectivity index (χ4n) is 1.44. The van der Waals surface area contributed by atoms with Gasteiger partial charge < -0.3 is 9.84 Å². The molecule has 2 atom stereocenters. The minimum absolute atomic E-state index is 0.0583. The summed E-state index contributed by atoms with van der Waals surface area (Å²) in [7, 11) is 0. The zero-order valence-corrected chi connectivity index (χ0v) is 6.68. The van der Waals surface area contributed by atoms with Crippen molar-refractivity contribution in [3.8, 4) is 0 Å². The SMILES string of the molecule is OC1CCC(c2ccncc2)O1. The summed E-state index contributed by atoms with van der Waals surface area (Å²) in [5.74, 6) is 0. The molecule has 0 radical (unpaired) electrons. The number of hydrogen-bond acceptors (Lipinski definition) is 3. The summed E-state index contributed by atoms with van der Waals surface area (Å²) in [6, 6.07) is 3.84. The maximum Gasteiger partial charge on any atom is 0.155 e. The molecule has 1 aromatic rings. The Labute approximate surface area is 71.0 Å². The second-order valence-corrected chi connectivity index (χ2v) is 2.94. The minimum Gasteiger partial charge on any atom is -0.368 e. The first-order valence-corrected chi connectivity index (χ1v) is 4.10. The van der Waals surface area contributed by atoms with Gasteiger partial charge in [-0.05, 0) is 24.1 Å². The maximum atomic E-state index is 9.12.